The van der Waals surface area contributed by atoms with E-state index in [9.17, 15) is 0 Å². The van der Waals surface area contributed by atoms with E-state index in [4.69, 9.17) is 9.97 Å². The molecule has 7 aromatic rings. The second-order valence-electron chi connectivity index (χ2n) is 12.7. The van der Waals surface area contributed by atoms with E-state index in [0.29, 0.717) is 0 Å². The molecule has 0 saturated carbocycles. The van der Waals surface area contributed by atoms with Gasteiger partial charge in [-0.25, -0.2) is 9.97 Å². The SMILES string of the molecule is Brc1ccc2c(c1)C1(c3ccccc3-c3ccccc31)c1nc3c(nc1-2)C1(c2ccccc2-c2ccccc21)c1cc(Br)ccc1-3. The van der Waals surface area contributed by atoms with Crippen LogP contribution in [0.25, 0.3) is 44.8 Å². The molecular formula is C42H22Br2N2. The Hall–Kier alpha value is -4.64. The summed E-state index contributed by atoms with van der Waals surface area (Å²) in [7, 11) is 0. The van der Waals surface area contributed by atoms with E-state index in [1.54, 1.807) is 0 Å². The van der Waals surface area contributed by atoms with Crippen molar-refractivity contribution in [3.63, 3.8) is 0 Å². The predicted octanol–water partition coefficient (Wildman–Crippen LogP) is 10.7. The number of hydrogen-bond acceptors (Lipinski definition) is 2. The van der Waals surface area contributed by atoms with Gasteiger partial charge in [-0.2, -0.15) is 0 Å². The van der Waals surface area contributed by atoms with Crippen LogP contribution in [-0.4, -0.2) is 9.97 Å². The average molecular weight is 714 g/mol. The Bertz CT molecular complexity index is 2260. The molecule has 46 heavy (non-hydrogen) atoms. The third-order valence-electron chi connectivity index (χ3n) is 10.8. The molecule has 0 unspecified atom stereocenters. The van der Waals surface area contributed by atoms with Crippen LogP contribution in [0.15, 0.2) is 142 Å². The van der Waals surface area contributed by atoms with Crippen LogP contribution in [0.4, 0.5) is 0 Å². The highest BCUT2D eigenvalue weighted by Crippen LogP contribution is 2.66. The van der Waals surface area contributed by atoms with Crippen LogP contribution >= 0.6 is 31.9 Å². The molecule has 0 N–H and O–H groups in total. The molecular weight excluding hydrogens is 692 g/mol. The summed E-state index contributed by atoms with van der Waals surface area (Å²) in [6, 6.07) is 48.8. The Labute approximate surface area is 283 Å². The number of benzene rings is 6. The fraction of sp³-hybridized carbons (Fsp3) is 0.0476. The lowest BCUT2D eigenvalue weighted by Crippen LogP contribution is -2.29. The number of rotatable bonds is 0. The molecule has 2 spiro atoms. The maximum atomic E-state index is 5.85. The van der Waals surface area contributed by atoms with E-state index in [-0.39, 0.29) is 0 Å². The van der Waals surface area contributed by atoms with Crippen molar-refractivity contribution in [1.82, 2.24) is 9.97 Å². The number of halogens is 2. The fourth-order valence-corrected chi connectivity index (χ4v) is 9.94. The van der Waals surface area contributed by atoms with Gasteiger partial charge >= 0.3 is 0 Å². The first-order valence-corrected chi connectivity index (χ1v) is 17.1. The van der Waals surface area contributed by atoms with E-state index in [0.717, 1.165) is 42.8 Å². The van der Waals surface area contributed by atoms with Crippen molar-refractivity contribution in [2.24, 2.45) is 0 Å². The molecule has 4 aliphatic rings. The quantitative estimate of drug-likeness (QED) is 0.156. The minimum atomic E-state index is -0.569. The van der Waals surface area contributed by atoms with Crippen molar-refractivity contribution in [2.75, 3.05) is 0 Å². The number of aromatic nitrogens is 2. The van der Waals surface area contributed by atoms with Gasteiger partial charge in [-0.1, -0.05) is 141 Å². The molecule has 0 bridgehead atoms. The Morgan fingerprint density at radius 1 is 0.348 bits per heavy atom. The van der Waals surface area contributed by atoms with Crippen LogP contribution in [0.2, 0.25) is 0 Å². The molecule has 0 saturated heterocycles. The largest absolute Gasteiger partial charge is 0.247 e. The molecule has 4 aliphatic carbocycles. The smallest absolute Gasteiger partial charge is 0.0941 e. The monoisotopic (exact) mass is 712 g/mol. The molecule has 2 nitrogen and oxygen atoms in total. The summed E-state index contributed by atoms with van der Waals surface area (Å²) in [4.78, 5) is 11.7. The molecule has 1 aromatic heterocycles. The summed E-state index contributed by atoms with van der Waals surface area (Å²) in [5.74, 6) is 0. The topological polar surface area (TPSA) is 25.8 Å². The van der Waals surface area contributed by atoms with Crippen molar-refractivity contribution in [3.8, 4) is 44.8 Å². The second-order valence-corrected chi connectivity index (χ2v) is 14.5. The third-order valence-corrected chi connectivity index (χ3v) is 11.8. The molecule has 0 atom stereocenters. The van der Waals surface area contributed by atoms with Crippen molar-refractivity contribution >= 4 is 31.9 Å². The zero-order valence-electron chi connectivity index (χ0n) is 24.4. The lowest BCUT2D eigenvalue weighted by Gasteiger charge is -2.30. The lowest BCUT2D eigenvalue weighted by atomic mass is 9.72. The molecule has 0 amide bonds. The Kier molecular flexibility index (Phi) is 4.76. The highest BCUT2D eigenvalue weighted by Gasteiger charge is 2.58. The summed E-state index contributed by atoms with van der Waals surface area (Å²) >= 11 is 7.68. The van der Waals surface area contributed by atoms with Gasteiger partial charge in [0.2, 0.25) is 0 Å². The summed E-state index contributed by atoms with van der Waals surface area (Å²) in [6.07, 6.45) is 0. The fourth-order valence-electron chi connectivity index (χ4n) is 9.22. The Morgan fingerprint density at radius 3 is 1.02 bits per heavy atom. The zero-order chi connectivity index (χ0) is 30.4. The van der Waals surface area contributed by atoms with Crippen molar-refractivity contribution in [2.45, 2.75) is 10.8 Å². The van der Waals surface area contributed by atoms with Crippen molar-refractivity contribution < 1.29 is 0 Å². The van der Waals surface area contributed by atoms with Crippen LogP contribution in [0.1, 0.15) is 44.8 Å². The van der Waals surface area contributed by atoms with E-state index >= 15 is 0 Å². The van der Waals surface area contributed by atoms with Gasteiger partial charge in [0.15, 0.2) is 0 Å². The maximum absolute atomic E-state index is 5.85. The van der Waals surface area contributed by atoms with Crippen molar-refractivity contribution in [1.29, 1.82) is 0 Å². The predicted molar refractivity (Wildman–Crippen MR) is 190 cm³/mol. The van der Waals surface area contributed by atoms with Crippen LogP contribution < -0.4 is 0 Å². The third kappa shape index (κ3) is 2.74. The first-order valence-electron chi connectivity index (χ1n) is 15.6. The van der Waals surface area contributed by atoms with Gasteiger partial charge in [0.1, 0.15) is 0 Å². The minimum absolute atomic E-state index is 0.569. The van der Waals surface area contributed by atoms with Gasteiger partial charge in [-0.3, -0.25) is 0 Å². The van der Waals surface area contributed by atoms with Gasteiger partial charge < -0.3 is 0 Å². The molecule has 4 heteroatoms. The molecule has 0 fully saturated rings. The van der Waals surface area contributed by atoms with E-state index < -0.39 is 10.8 Å². The highest BCUT2D eigenvalue weighted by molar-refractivity contribution is 9.10. The molecule has 11 rings (SSSR count). The number of nitrogens with zero attached hydrogens (tertiary/aromatic N) is 2. The first kappa shape index (κ1) is 25.5. The summed E-state index contributed by atoms with van der Waals surface area (Å²) in [5.41, 5.74) is 17.7. The number of hydrogen-bond donors (Lipinski definition) is 0. The Balaban J connectivity index is 1.33. The van der Waals surface area contributed by atoms with E-state index in [2.05, 4.69) is 165 Å². The summed E-state index contributed by atoms with van der Waals surface area (Å²) < 4.78 is 2.11. The normalized spacial score (nSPS) is 15.5. The second kappa shape index (κ2) is 8.58. The van der Waals surface area contributed by atoms with Gasteiger partial charge in [0.25, 0.3) is 0 Å². The van der Waals surface area contributed by atoms with Crippen LogP contribution in [-0.2, 0) is 10.8 Å². The maximum Gasteiger partial charge on any atom is 0.0941 e. The van der Waals surface area contributed by atoms with Gasteiger partial charge in [0.05, 0.1) is 33.6 Å². The average Bonchev–Trinajstić information content (AvgIpc) is 3.75. The first-order chi connectivity index (χ1) is 22.6. The molecule has 1 heterocycles. The molecule has 0 aliphatic heterocycles. The highest BCUT2D eigenvalue weighted by atomic mass is 79.9. The van der Waals surface area contributed by atoms with Crippen LogP contribution in [0.3, 0.4) is 0 Å². The van der Waals surface area contributed by atoms with Gasteiger partial charge in [0, 0.05) is 20.1 Å². The van der Waals surface area contributed by atoms with E-state index in [1.807, 2.05) is 0 Å². The molecule has 0 radical (unpaired) electrons. The van der Waals surface area contributed by atoms with Crippen LogP contribution in [0, 0.1) is 0 Å². The van der Waals surface area contributed by atoms with Crippen LogP contribution in [0.5, 0.6) is 0 Å². The molecule has 6 aromatic carbocycles. The Morgan fingerprint density at radius 2 is 0.674 bits per heavy atom. The standard InChI is InChI=1S/C42H22Br2N2/c43-23-17-19-29-35(21-23)41(31-13-5-1-9-25(31)26-10-2-6-14-32(26)41)39-37(29)46-40-38(45-39)30-20-18-24(44)22-36(30)42(40)33-15-7-3-11-27(33)28-12-4-8-16-34(28)42/h1-22H. The van der Waals surface area contributed by atoms with Crippen molar-refractivity contribution in [3.05, 3.63) is 187 Å². The summed E-state index contributed by atoms with van der Waals surface area (Å²) in [5, 5.41) is 0. The number of fused-ring (bicyclic) bond motifs is 20. The lowest BCUT2D eigenvalue weighted by molar-refractivity contribution is 0.732. The zero-order valence-corrected chi connectivity index (χ0v) is 27.5. The van der Waals surface area contributed by atoms with E-state index in [1.165, 1.54) is 55.6 Å². The van der Waals surface area contributed by atoms with Gasteiger partial charge in [-0.15, -0.1) is 0 Å². The molecule has 214 valence electrons. The van der Waals surface area contributed by atoms with Gasteiger partial charge in [-0.05, 0) is 79.9 Å². The summed E-state index contributed by atoms with van der Waals surface area (Å²) in [6.45, 7) is 0. The minimum Gasteiger partial charge on any atom is -0.247 e.